The third-order valence-corrected chi connectivity index (χ3v) is 3.85. The second-order valence-corrected chi connectivity index (χ2v) is 5.84. The van der Waals surface area contributed by atoms with E-state index in [1.165, 1.54) is 6.07 Å². The number of fused-ring (bicyclic) bond motifs is 1. The summed E-state index contributed by atoms with van der Waals surface area (Å²) in [6.07, 6.45) is 1.84. The van der Waals surface area contributed by atoms with Gasteiger partial charge in [0.25, 0.3) is 0 Å². The number of aryl methyl sites for hydroxylation is 1. The van der Waals surface area contributed by atoms with E-state index in [1.54, 1.807) is 12.1 Å². The highest BCUT2D eigenvalue weighted by atomic mass is 19.1. The lowest BCUT2D eigenvalue weighted by Gasteiger charge is -2.10. The lowest BCUT2D eigenvalue weighted by Crippen LogP contribution is -2.09. The first-order chi connectivity index (χ1) is 12.6. The Hall–Kier alpha value is -3.49. The van der Waals surface area contributed by atoms with Crippen molar-refractivity contribution in [1.82, 2.24) is 24.7 Å². The van der Waals surface area contributed by atoms with Crippen LogP contribution in [0.4, 0.5) is 16.2 Å². The molecule has 0 saturated carbocycles. The standard InChI is InChI=1S/C17H16FN7O/c1-10-7-12(24-26-10)8-20-16-15-13(22-17(19)23-16)5-6-25(15)9-11-3-2-4-14(18)21-11/h2-7H,8-9H2,1H3,(H3,19,20,22,23). The van der Waals surface area contributed by atoms with E-state index in [-0.39, 0.29) is 5.95 Å². The van der Waals surface area contributed by atoms with Gasteiger partial charge in [0, 0.05) is 12.3 Å². The molecule has 0 aliphatic carbocycles. The number of nitrogens with one attached hydrogen (secondary N) is 1. The van der Waals surface area contributed by atoms with Crippen LogP contribution in [0.3, 0.4) is 0 Å². The number of aromatic nitrogens is 5. The van der Waals surface area contributed by atoms with E-state index in [0.29, 0.717) is 30.1 Å². The maximum Gasteiger partial charge on any atom is 0.222 e. The number of hydrogen-bond donors (Lipinski definition) is 2. The minimum atomic E-state index is -0.515. The van der Waals surface area contributed by atoms with Crippen molar-refractivity contribution in [3.8, 4) is 0 Å². The van der Waals surface area contributed by atoms with Crippen LogP contribution >= 0.6 is 0 Å². The summed E-state index contributed by atoms with van der Waals surface area (Å²) in [6, 6.07) is 8.37. The molecule has 4 heterocycles. The van der Waals surface area contributed by atoms with Gasteiger partial charge < -0.3 is 20.1 Å². The highest BCUT2D eigenvalue weighted by Gasteiger charge is 2.13. The van der Waals surface area contributed by atoms with Crippen molar-refractivity contribution in [2.24, 2.45) is 0 Å². The molecule has 0 radical (unpaired) electrons. The van der Waals surface area contributed by atoms with E-state index in [9.17, 15) is 4.39 Å². The van der Waals surface area contributed by atoms with Crippen molar-refractivity contribution < 1.29 is 8.91 Å². The maximum atomic E-state index is 13.4. The number of nitrogens with zero attached hydrogens (tertiary/aromatic N) is 5. The zero-order valence-electron chi connectivity index (χ0n) is 14.0. The molecule has 0 amide bonds. The summed E-state index contributed by atoms with van der Waals surface area (Å²) in [5.74, 6) is 0.946. The molecule has 4 rings (SSSR count). The van der Waals surface area contributed by atoms with Gasteiger partial charge in [0.15, 0.2) is 5.82 Å². The Kier molecular flexibility index (Phi) is 3.96. The molecule has 132 valence electrons. The lowest BCUT2D eigenvalue weighted by molar-refractivity contribution is 0.391. The normalized spacial score (nSPS) is 11.2. The molecular weight excluding hydrogens is 337 g/mol. The predicted octanol–water partition coefficient (Wildman–Crippen LogP) is 2.50. The van der Waals surface area contributed by atoms with Crippen molar-refractivity contribution in [2.75, 3.05) is 11.1 Å². The maximum absolute atomic E-state index is 13.4. The first-order valence-corrected chi connectivity index (χ1v) is 7.98. The molecule has 0 atom stereocenters. The van der Waals surface area contributed by atoms with Gasteiger partial charge in [-0.25, -0.2) is 9.97 Å². The van der Waals surface area contributed by atoms with E-state index in [2.05, 4.69) is 25.4 Å². The Morgan fingerprint density at radius 3 is 2.85 bits per heavy atom. The molecule has 0 spiro atoms. The molecule has 0 aliphatic rings. The van der Waals surface area contributed by atoms with Crippen LogP contribution in [0.2, 0.25) is 0 Å². The third-order valence-electron chi connectivity index (χ3n) is 3.85. The second-order valence-electron chi connectivity index (χ2n) is 5.84. The smallest absolute Gasteiger partial charge is 0.222 e. The zero-order valence-corrected chi connectivity index (χ0v) is 14.0. The van der Waals surface area contributed by atoms with Crippen molar-refractivity contribution >= 4 is 22.8 Å². The molecule has 3 N–H and O–H groups in total. The van der Waals surface area contributed by atoms with Gasteiger partial charge in [-0.15, -0.1) is 0 Å². The van der Waals surface area contributed by atoms with E-state index < -0.39 is 5.95 Å². The largest absolute Gasteiger partial charge is 0.368 e. The number of nitrogens with two attached hydrogens (primary N) is 1. The fourth-order valence-corrected chi connectivity index (χ4v) is 2.77. The minimum Gasteiger partial charge on any atom is -0.368 e. The van der Waals surface area contributed by atoms with Crippen LogP contribution in [0.1, 0.15) is 17.1 Å². The molecule has 0 bridgehead atoms. The Labute approximate surface area is 147 Å². The number of rotatable bonds is 5. The number of halogens is 1. The van der Waals surface area contributed by atoms with Gasteiger partial charge in [-0.3, -0.25) is 0 Å². The fourth-order valence-electron chi connectivity index (χ4n) is 2.77. The summed E-state index contributed by atoms with van der Waals surface area (Å²) >= 11 is 0. The number of hydrogen-bond acceptors (Lipinski definition) is 7. The van der Waals surface area contributed by atoms with Gasteiger partial charge >= 0.3 is 0 Å². The van der Waals surface area contributed by atoms with Crippen LogP contribution in [-0.4, -0.2) is 24.7 Å². The Morgan fingerprint density at radius 2 is 2.08 bits per heavy atom. The number of anilines is 2. The van der Waals surface area contributed by atoms with E-state index in [0.717, 1.165) is 17.0 Å². The molecule has 26 heavy (non-hydrogen) atoms. The molecule has 4 aromatic rings. The average Bonchev–Trinajstić information content (AvgIpc) is 3.19. The average molecular weight is 353 g/mol. The van der Waals surface area contributed by atoms with Crippen LogP contribution in [-0.2, 0) is 13.1 Å². The van der Waals surface area contributed by atoms with Crippen LogP contribution in [0, 0.1) is 12.9 Å². The highest BCUT2D eigenvalue weighted by Crippen LogP contribution is 2.24. The highest BCUT2D eigenvalue weighted by molar-refractivity contribution is 5.87. The van der Waals surface area contributed by atoms with Crippen molar-refractivity contribution in [3.05, 3.63) is 59.6 Å². The SMILES string of the molecule is Cc1cc(CNc2nc(N)nc3ccn(Cc4cccc(F)n4)c23)no1. The first-order valence-electron chi connectivity index (χ1n) is 7.98. The van der Waals surface area contributed by atoms with Crippen molar-refractivity contribution in [2.45, 2.75) is 20.0 Å². The van der Waals surface area contributed by atoms with Crippen LogP contribution < -0.4 is 11.1 Å². The minimum absolute atomic E-state index is 0.165. The molecule has 0 aromatic carbocycles. The second kappa shape index (κ2) is 6.43. The van der Waals surface area contributed by atoms with E-state index in [1.807, 2.05) is 29.8 Å². The molecule has 0 fully saturated rings. The third kappa shape index (κ3) is 3.18. The van der Waals surface area contributed by atoms with Gasteiger partial charge in [0.2, 0.25) is 11.9 Å². The van der Waals surface area contributed by atoms with Gasteiger partial charge in [0.05, 0.1) is 24.3 Å². The summed E-state index contributed by atoms with van der Waals surface area (Å²) < 4.78 is 20.3. The zero-order chi connectivity index (χ0) is 18.1. The molecule has 4 aromatic heterocycles. The quantitative estimate of drug-likeness (QED) is 0.531. The Bertz CT molecular complexity index is 1070. The first kappa shape index (κ1) is 16.0. The lowest BCUT2D eigenvalue weighted by atomic mass is 10.3. The van der Waals surface area contributed by atoms with Gasteiger partial charge in [-0.05, 0) is 25.1 Å². The summed E-state index contributed by atoms with van der Waals surface area (Å²) in [5, 5.41) is 7.16. The van der Waals surface area contributed by atoms with Gasteiger partial charge in [-0.1, -0.05) is 11.2 Å². The monoisotopic (exact) mass is 353 g/mol. The predicted molar refractivity (Wildman–Crippen MR) is 93.8 cm³/mol. The summed E-state index contributed by atoms with van der Waals surface area (Å²) in [7, 11) is 0. The van der Waals surface area contributed by atoms with Gasteiger partial charge in [-0.2, -0.15) is 9.37 Å². The summed E-state index contributed by atoms with van der Waals surface area (Å²) in [5.41, 5.74) is 8.60. The van der Waals surface area contributed by atoms with Crippen molar-refractivity contribution in [3.63, 3.8) is 0 Å². The Balaban J connectivity index is 1.68. The van der Waals surface area contributed by atoms with Crippen molar-refractivity contribution in [1.29, 1.82) is 0 Å². The molecule has 0 unspecified atom stereocenters. The van der Waals surface area contributed by atoms with Crippen LogP contribution in [0.25, 0.3) is 11.0 Å². The van der Waals surface area contributed by atoms with E-state index >= 15 is 0 Å². The topological polar surface area (TPSA) is 108 Å². The van der Waals surface area contributed by atoms with Gasteiger partial charge in [0.1, 0.15) is 17.0 Å². The number of nitrogen functional groups attached to an aromatic ring is 1. The molecule has 8 nitrogen and oxygen atoms in total. The van der Waals surface area contributed by atoms with E-state index in [4.69, 9.17) is 10.3 Å². The Morgan fingerprint density at radius 1 is 1.19 bits per heavy atom. The molecular formula is C17H16FN7O. The molecule has 0 aliphatic heterocycles. The number of pyridine rings is 1. The molecule has 9 heteroatoms. The van der Waals surface area contributed by atoms with Crippen LogP contribution in [0.5, 0.6) is 0 Å². The summed E-state index contributed by atoms with van der Waals surface area (Å²) in [6.45, 7) is 2.63. The fraction of sp³-hybridized carbons (Fsp3) is 0.176. The molecule has 0 saturated heterocycles. The van der Waals surface area contributed by atoms with Crippen LogP contribution in [0.15, 0.2) is 41.1 Å². The summed E-state index contributed by atoms with van der Waals surface area (Å²) in [4.78, 5) is 12.5.